The fourth-order valence-corrected chi connectivity index (χ4v) is 1.88. The summed E-state index contributed by atoms with van der Waals surface area (Å²) < 4.78 is 2.19. The van der Waals surface area contributed by atoms with E-state index in [1.165, 1.54) is 5.82 Å². The number of hydrogen-bond acceptors (Lipinski definition) is 1. The zero-order valence-electron chi connectivity index (χ0n) is 10.8. The Kier molecular flexibility index (Phi) is 4.85. The van der Waals surface area contributed by atoms with Gasteiger partial charge in [-0.25, -0.2) is 4.98 Å². The van der Waals surface area contributed by atoms with Crippen LogP contribution in [0.3, 0.4) is 0 Å². The Labute approximate surface area is 104 Å². The van der Waals surface area contributed by atoms with E-state index in [0.29, 0.717) is 0 Å². The second-order valence-corrected chi connectivity index (χ2v) is 5.88. The number of halogens is 1. The van der Waals surface area contributed by atoms with Crippen LogP contribution in [0, 0.1) is 5.41 Å². The first kappa shape index (κ1) is 13.6. The molecule has 1 heterocycles. The number of rotatable bonds is 5. The average molecular weight is 243 g/mol. The Morgan fingerprint density at radius 3 is 2.69 bits per heavy atom. The highest BCUT2D eigenvalue weighted by molar-refractivity contribution is 6.21. The predicted octanol–water partition coefficient (Wildman–Crippen LogP) is 3.88. The van der Waals surface area contributed by atoms with Gasteiger partial charge in [0.15, 0.2) is 0 Å². The van der Waals surface area contributed by atoms with E-state index in [2.05, 4.69) is 37.2 Å². The molecule has 1 atom stereocenters. The molecule has 0 aliphatic heterocycles. The molecule has 16 heavy (non-hydrogen) atoms. The molecule has 1 aromatic heterocycles. The molecule has 0 N–H and O–H groups in total. The van der Waals surface area contributed by atoms with Gasteiger partial charge >= 0.3 is 0 Å². The lowest BCUT2D eigenvalue weighted by Gasteiger charge is -2.24. The molecule has 1 rings (SSSR count). The number of hydrogen-bond donors (Lipinski definition) is 0. The summed E-state index contributed by atoms with van der Waals surface area (Å²) >= 11 is 6.34. The van der Waals surface area contributed by atoms with Gasteiger partial charge in [0.1, 0.15) is 5.82 Å². The Morgan fingerprint density at radius 2 is 2.12 bits per heavy atom. The van der Waals surface area contributed by atoms with E-state index in [0.717, 1.165) is 25.8 Å². The lowest BCUT2D eigenvalue weighted by molar-refractivity contribution is 0.367. The van der Waals surface area contributed by atoms with Crippen LogP contribution in [0.5, 0.6) is 0 Å². The van der Waals surface area contributed by atoms with Crippen LogP contribution in [0.1, 0.15) is 46.4 Å². The third kappa shape index (κ3) is 3.82. The lowest BCUT2D eigenvalue weighted by atomic mass is 9.89. The van der Waals surface area contributed by atoms with Gasteiger partial charge in [0.05, 0.1) is 0 Å². The van der Waals surface area contributed by atoms with Crippen LogP contribution in [0.15, 0.2) is 12.4 Å². The summed E-state index contributed by atoms with van der Waals surface area (Å²) in [7, 11) is 0. The normalized spacial score (nSPS) is 14.1. The van der Waals surface area contributed by atoms with Crippen molar-refractivity contribution >= 4 is 11.6 Å². The second kappa shape index (κ2) is 5.72. The predicted molar refractivity (Wildman–Crippen MR) is 69.9 cm³/mol. The fourth-order valence-electron chi connectivity index (χ4n) is 1.73. The monoisotopic (exact) mass is 242 g/mol. The first-order chi connectivity index (χ1) is 7.45. The molecule has 0 saturated carbocycles. The number of aryl methyl sites for hydroxylation is 2. The van der Waals surface area contributed by atoms with Gasteiger partial charge in [-0.15, -0.1) is 11.6 Å². The Balaban J connectivity index is 2.36. The van der Waals surface area contributed by atoms with Gasteiger partial charge in [0, 0.05) is 30.7 Å². The van der Waals surface area contributed by atoms with Gasteiger partial charge in [-0.3, -0.25) is 0 Å². The average Bonchev–Trinajstić information content (AvgIpc) is 2.63. The smallest absolute Gasteiger partial charge is 0.108 e. The Morgan fingerprint density at radius 1 is 1.44 bits per heavy atom. The SMILES string of the molecule is CCn1ccnc1CCCC(Cl)C(C)(C)C. The number of nitrogens with zero attached hydrogens (tertiary/aromatic N) is 2. The van der Waals surface area contributed by atoms with Gasteiger partial charge in [0.2, 0.25) is 0 Å². The third-order valence-electron chi connectivity index (χ3n) is 2.94. The molecule has 0 saturated heterocycles. The largest absolute Gasteiger partial charge is 0.335 e. The molecule has 0 aliphatic carbocycles. The van der Waals surface area contributed by atoms with E-state index in [9.17, 15) is 0 Å². The van der Waals surface area contributed by atoms with Crippen LogP contribution in [0.25, 0.3) is 0 Å². The van der Waals surface area contributed by atoms with E-state index in [1.54, 1.807) is 0 Å². The molecule has 2 nitrogen and oxygen atoms in total. The maximum absolute atomic E-state index is 6.34. The first-order valence-corrected chi connectivity index (χ1v) is 6.53. The van der Waals surface area contributed by atoms with E-state index >= 15 is 0 Å². The van der Waals surface area contributed by atoms with Crippen LogP contribution in [-0.2, 0) is 13.0 Å². The maximum atomic E-state index is 6.34. The van der Waals surface area contributed by atoms with Crippen LogP contribution >= 0.6 is 11.6 Å². The van der Waals surface area contributed by atoms with E-state index in [1.807, 2.05) is 12.4 Å². The maximum Gasteiger partial charge on any atom is 0.108 e. The van der Waals surface area contributed by atoms with Crippen LogP contribution in [0.2, 0.25) is 0 Å². The highest BCUT2D eigenvalue weighted by Crippen LogP contribution is 2.28. The van der Waals surface area contributed by atoms with Crippen molar-refractivity contribution in [2.24, 2.45) is 5.41 Å². The van der Waals surface area contributed by atoms with Crippen LogP contribution in [0.4, 0.5) is 0 Å². The van der Waals surface area contributed by atoms with Crippen LogP contribution in [-0.4, -0.2) is 14.9 Å². The molecule has 0 aliphatic rings. The van der Waals surface area contributed by atoms with Crippen molar-refractivity contribution in [1.29, 1.82) is 0 Å². The second-order valence-electron chi connectivity index (χ2n) is 5.36. The molecule has 1 unspecified atom stereocenters. The number of alkyl halides is 1. The minimum absolute atomic E-state index is 0.196. The van der Waals surface area contributed by atoms with E-state index in [-0.39, 0.29) is 10.8 Å². The summed E-state index contributed by atoms with van der Waals surface area (Å²) in [6.45, 7) is 9.72. The van der Waals surface area contributed by atoms with Crippen molar-refractivity contribution in [3.8, 4) is 0 Å². The first-order valence-electron chi connectivity index (χ1n) is 6.09. The molecule has 0 amide bonds. The van der Waals surface area contributed by atoms with Crippen molar-refractivity contribution in [3.63, 3.8) is 0 Å². The minimum atomic E-state index is 0.196. The molecular weight excluding hydrogens is 220 g/mol. The summed E-state index contributed by atoms with van der Waals surface area (Å²) in [5.41, 5.74) is 0.196. The Bertz CT molecular complexity index is 312. The van der Waals surface area contributed by atoms with Crippen molar-refractivity contribution < 1.29 is 0 Å². The molecule has 3 heteroatoms. The highest BCUT2D eigenvalue weighted by Gasteiger charge is 2.21. The molecule has 0 bridgehead atoms. The molecular formula is C13H23ClN2. The summed E-state index contributed by atoms with van der Waals surface area (Å²) in [6.07, 6.45) is 7.11. The highest BCUT2D eigenvalue weighted by atomic mass is 35.5. The molecule has 0 fully saturated rings. The summed E-state index contributed by atoms with van der Waals surface area (Å²) in [5, 5.41) is 0.248. The zero-order chi connectivity index (χ0) is 12.2. The van der Waals surface area contributed by atoms with Crippen LogP contribution < -0.4 is 0 Å². The number of imidazole rings is 1. The van der Waals surface area contributed by atoms with Gasteiger partial charge in [-0.2, -0.15) is 0 Å². The fraction of sp³-hybridized carbons (Fsp3) is 0.769. The molecule has 92 valence electrons. The summed E-state index contributed by atoms with van der Waals surface area (Å²) in [5.74, 6) is 1.18. The van der Waals surface area contributed by atoms with Gasteiger partial charge in [-0.1, -0.05) is 20.8 Å². The third-order valence-corrected chi connectivity index (χ3v) is 3.81. The quantitative estimate of drug-likeness (QED) is 0.717. The van der Waals surface area contributed by atoms with Gasteiger partial charge in [0.25, 0.3) is 0 Å². The van der Waals surface area contributed by atoms with Crippen molar-refractivity contribution in [1.82, 2.24) is 9.55 Å². The molecule has 0 aromatic carbocycles. The lowest BCUT2D eigenvalue weighted by Crippen LogP contribution is -2.20. The van der Waals surface area contributed by atoms with E-state index < -0.39 is 0 Å². The van der Waals surface area contributed by atoms with Crippen molar-refractivity contribution in [2.75, 3.05) is 0 Å². The topological polar surface area (TPSA) is 17.8 Å². The van der Waals surface area contributed by atoms with Gasteiger partial charge < -0.3 is 4.57 Å². The summed E-state index contributed by atoms with van der Waals surface area (Å²) in [4.78, 5) is 4.37. The van der Waals surface area contributed by atoms with Crippen molar-refractivity contribution in [3.05, 3.63) is 18.2 Å². The minimum Gasteiger partial charge on any atom is -0.335 e. The number of aromatic nitrogens is 2. The van der Waals surface area contributed by atoms with Crippen molar-refractivity contribution in [2.45, 2.75) is 58.9 Å². The summed E-state index contributed by atoms with van der Waals surface area (Å²) in [6, 6.07) is 0. The van der Waals surface area contributed by atoms with E-state index in [4.69, 9.17) is 11.6 Å². The molecule has 1 aromatic rings. The molecule has 0 spiro atoms. The standard InChI is InChI=1S/C13H23ClN2/c1-5-16-10-9-15-12(16)8-6-7-11(14)13(2,3)4/h9-11H,5-8H2,1-4H3. The molecule has 0 radical (unpaired) electrons. The zero-order valence-corrected chi connectivity index (χ0v) is 11.6. The Hall–Kier alpha value is -0.500. The van der Waals surface area contributed by atoms with Gasteiger partial charge in [-0.05, 0) is 25.2 Å².